The highest BCUT2D eigenvalue weighted by molar-refractivity contribution is 5.68. The third-order valence-electron chi connectivity index (χ3n) is 6.99. The van der Waals surface area contributed by atoms with Crippen LogP contribution in [0, 0.1) is 23.7 Å². The number of carbonyl (C=O) groups is 1. The highest BCUT2D eigenvalue weighted by atomic mass is 16.5. The number of ether oxygens (including phenoxy) is 1. The number of aliphatic carboxylic acids is 1. The summed E-state index contributed by atoms with van der Waals surface area (Å²) in [4.78, 5) is 10.9. The molecule has 1 fully saturated rings. The molecular weight excluding hydrogens is 352 g/mol. The minimum atomic E-state index is -0.948. The Labute approximate surface area is 169 Å². The molecule has 0 heterocycles. The van der Waals surface area contributed by atoms with Crippen molar-refractivity contribution in [1.82, 2.24) is 0 Å². The van der Waals surface area contributed by atoms with Gasteiger partial charge in [-0.2, -0.15) is 0 Å². The molecule has 4 heteroatoms. The van der Waals surface area contributed by atoms with Gasteiger partial charge in [0, 0.05) is 0 Å². The summed E-state index contributed by atoms with van der Waals surface area (Å²) in [6.45, 7) is 4.31. The summed E-state index contributed by atoms with van der Waals surface area (Å²) in [5.41, 5.74) is 2.44. The number of hydrogen-bond donors (Lipinski definition) is 2. The van der Waals surface area contributed by atoms with Crippen molar-refractivity contribution in [2.45, 2.75) is 77.7 Å². The van der Waals surface area contributed by atoms with Gasteiger partial charge in [0.05, 0.1) is 6.10 Å². The van der Waals surface area contributed by atoms with Crippen LogP contribution in [0.4, 0.5) is 0 Å². The Morgan fingerprint density at radius 2 is 2.07 bits per heavy atom. The third-order valence-corrected chi connectivity index (χ3v) is 6.99. The third kappa shape index (κ3) is 5.08. The van der Waals surface area contributed by atoms with E-state index < -0.39 is 5.97 Å². The summed E-state index contributed by atoms with van der Waals surface area (Å²) in [6.07, 6.45) is 10.1. The zero-order valence-corrected chi connectivity index (χ0v) is 17.4. The average Bonchev–Trinajstić information content (AvgIpc) is 2.97. The number of unbranched alkanes of at least 4 members (excludes halogenated alkanes) is 2. The molecule has 4 nitrogen and oxygen atoms in total. The predicted molar refractivity (Wildman–Crippen MR) is 111 cm³/mol. The summed E-state index contributed by atoms with van der Waals surface area (Å²) < 4.78 is 5.53. The molecule has 1 saturated carbocycles. The monoisotopic (exact) mass is 388 g/mol. The van der Waals surface area contributed by atoms with Crippen molar-refractivity contribution in [3.63, 3.8) is 0 Å². The Hall–Kier alpha value is -1.55. The quantitative estimate of drug-likeness (QED) is 0.562. The first kappa shape index (κ1) is 21.2. The van der Waals surface area contributed by atoms with Crippen molar-refractivity contribution < 1.29 is 19.7 Å². The zero-order chi connectivity index (χ0) is 20.1. The van der Waals surface area contributed by atoms with Gasteiger partial charge in [-0.05, 0) is 66.5 Å². The second-order valence-corrected chi connectivity index (χ2v) is 9.05. The number of carboxylic acids is 1. The summed E-state index contributed by atoms with van der Waals surface area (Å²) in [7, 11) is 0. The molecule has 0 spiro atoms. The fraction of sp³-hybridized carbons (Fsp3) is 0.708. The van der Waals surface area contributed by atoms with E-state index in [1.165, 1.54) is 37.7 Å². The van der Waals surface area contributed by atoms with Crippen molar-refractivity contribution in [1.29, 1.82) is 0 Å². The Morgan fingerprint density at radius 3 is 2.82 bits per heavy atom. The van der Waals surface area contributed by atoms with Crippen LogP contribution < -0.4 is 4.74 Å². The highest BCUT2D eigenvalue weighted by Gasteiger charge is 2.44. The van der Waals surface area contributed by atoms with Crippen LogP contribution in [-0.4, -0.2) is 28.9 Å². The molecule has 2 aliphatic rings. The van der Waals surface area contributed by atoms with Gasteiger partial charge in [-0.1, -0.05) is 58.1 Å². The lowest BCUT2D eigenvalue weighted by molar-refractivity contribution is -0.139. The smallest absolute Gasteiger partial charge is 0.341 e. The van der Waals surface area contributed by atoms with E-state index in [0.717, 1.165) is 37.2 Å². The predicted octanol–water partition coefficient (Wildman–Crippen LogP) is 4.86. The molecule has 0 bridgehead atoms. The topological polar surface area (TPSA) is 66.8 Å². The van der Waals surface area contributed by atoms with Crippen LogP contribution in [0.5, 0.6) is 5.75 Å². The van der Waals surface area contributed by atoms with Crippen LogP contribution in [-0.2, 0) is 17.6 Å². The van der Waals surface area contributed by atoms with E-state index in [0.29, 0.717) is 23.5 Å². The molecule has 28 heavy (non-hydrogen) atoms. The molecule has 0 aromatic heterocycles. The maximum atomic E-state index is 10.9. The lowest BCUT2D eigenvalue weighted by atomic mass is 9.73. The van der Waals surface area contributed by atoms with Crippen LogP contribution in [0.2, 0.25) is 0 Å². The second-order valence-electron chi connectivity index (χ2n) is 9.05. The number of hydrogen-bond acceptors (Lipinski definition) is 3. The molecule has 2 aliphatic carbocycles. The van der Waals surface area contributed by atoms with Gasteiger partial charge in [0.15, 0.2) is 6.61 Å². The van der Waals surface area contributed by atoms with Gasteiger partial charge in [-0.25, -0.2) is 4.79 Å². The summed E-state index contributed by atoms with van der Waals surface area (Å²) >= 11 is 0. The first-order chi connectivity index (χ1) is 13.5. The summed E-state index contributed by atoms with van der Waals surface area (Å²) in [6, 6.07) is 5.99. The van der Waals surface area contributed by atoms with Gasteiger partial charge in [0.2, 0.25) is 0 Å². The SMILES string of the molecule is CCCCCC(C)CC[C@@H]1[C@H]2Cc3cccc(OCC(=O)O)c3C[C@H]2C[C@H]1O. The van der Waals surface area contributed by atoms with Crippen LogP contribution in [0.15, 0.2) is 18.2 Å². The van der Waals surface area contributed by atoms with Crippen molar-refractivity contribution in [2.75, 3.05) is 6.61 Å². The molecule has 0 radical (unpaired) electrons. The Balaban J connectivity index is 1.62. The molecule has 5 atom stereocenters. The van der Waals surface area contributed by atoms with E-state index in [2.05, 4.69) is 19.9 Å². The Morgan fingerprint density at radius 1 is 1.25 bits per heavy atom. The van der Waals surface area contributed by atoms with Crippen LogP contribution >= 0.6 is 0 Å². The maximum absolute atomic E-state index is 10.9. The number of aliphatic hydroxyl groups is 1. The van der Waals surface area contributed by atoms with Gasteiger partial charge < -0.3 is 14.9 Å². The summed E-state index contributed by atoms with van der Waals surface area (Å²) in [5.74, 6) is 1.93. The Kier molecular flexibility index (Phi) is 7.39. The Bertz CT molecular complexity index is 656. The van der Waals surface area contributed by atoms with E-state index in [1.54, 1.807) is 0 Å². The lowest BCUT2D eigenvalue weighted by Gasteiger charge is -2.32. The standard InChI is InChI=1S/C24H36O4/c1-3-4-5-7-16(2)10-11-19-20-12-17-8-6-9-23(28-15-24(26)27)21(17)13-18(20)14-22(19)25/h6,8-9,16,18-20,22,25H,3-5,7,10-15H2,1-2H3,(H,26,27)/t16?,18-,19+,20-,22+/m0/s1. The van der Waals surface area contributed by atoms with Crippen molar-refractivity contribution >= 4 is 5.97 Å². The molecule has 3 rings (SSSR count). The van der Waals surface area contributed by atoms with Crippen molar-refractivity contribution in [3.8, 4) is 5.75 Å². The number of rotatable bonds is 10. The van der Waals surface area contributed by atoms with Crippen molar-refractivity contribution in [3.05, 3.63) is 29.3 Å². The fourth-order valence-corrected chi connectivity index (χ4v) is 5.44. The molecule has 1 aromatic carbocycles. The molecule has 0 saturated heterocycles. The minimum Gasteiger partial charge on any atom is -0.482 e. The number of aliphatic hydroxyl groups excluding tert-OH is 1. The molecule has 0 aliphatic heterocycles. The van der Waals surface area contributed by atoms with Gasteiger partial charge in [0.1, 0.15) is 5.75 Å². The number of carboxylic acid groups (broad SMARTS) is 1. The zero-order valence-electron chi connectivity index (χ0n) is 17.4. The van der Waals surface area contributed by atoms with Crippen LogP contribution in [0.25, 0.3) is 0 Å². The minimum absolute atomic E-state index is 0.199. The summed E-state index contributed by atoms with van der Waals surface area (Å²) in [5, 5.41) is 19.7. The molecule has 0 amide bonds. The molecular formula is C24H36O4. The van der Waals surface area contributed by atoms with Crippen molar-refractivity contribution in [2.24, 2.45) is 23.7 Å². The van der Waals surface area contributed by atoms with Crippen LogP contribution in [0.3, 0.4) is 0 Å². The fourth-order valence-electron chi connectivity index (χ4n) is 5.44. The van der Waals surface area contributed by atoms with E-state index in [-0.39, 0.29) is 12.7 Å². The molecule has 156 valence electrons. The molecule has 2 N–H and O–H groups in total. The first-order valence-electron chi connectivity index (χ1n) is 11.1. The van der Waals surface area contributed by atoms with Gasteiger partial charge in [-0.3, -0.25) is 0 Å². The molecule has 1 aromatic rings. The number of benzene rings is 1. The first-order valence-corrected chi connectivity index (χ1v) is 11.1. The maximum Gasteiger partial charge on any atom is 0.341 e. The van der Waals surface area contributed by atoms with Gasteiger partial charge in [-0.15, -0.1) is 0 Å². The lowest BCUT2D eigenvalue weighted by Crippen LogP contribution is -2.27. The second kappa shape index (κ2) is 9.78. The number of fused-ring (bicyclic) bond motifs is 2. The highest BCUT2D eigenvalue weighted by Crippen LogP contribution is 2.48. The normalized spacial score (nSPS) is 27.1. The van der Waals surface area contributed by atoms with Gasteiger partial charge in [0.25, 0.3) is 0 Å². The van der Waals surface area contributed by atoms with Gasteiger partial charge >= 0.3 is 5.97 Å². The van der Waals surface area contributed by atoms with E-state index in [9.17, 15) is 9.90 Å². The van der Waals surface area contributed by atoms with E-state index in [4.69, 9.17) is 9.84 Å². The molecule has 1 unspecified atom stereocenters. The largest absolute Gasteiger partial charge is 0.482 e. The van der Waals surface area contributed by atoms with Crippen LogP contribution in [0.1, 0.15) is 69.9 Å². The van der Waals surface area contributed by atoms with E-state index >= 15 is 0 Å². The average molecular weight is 389 g/mol. The van der Waals surface area contributed by atoms with E-state index in [1.807, 2.05) is 12.1 Å².